The number of nitrogens with two attached hydrogens (primary N) is 1. The summed E-state index contributed by atoms with van der Waals surface area (Å²) in [6, 6.07) is 6.22. The summed E-state index contributed by atoms with van der Waals surface area (Å²) in [7, 11) is 0. The number of hydrogen-bond donors (Lipinski definition) is 4. The van der Waals surface area contributed by atoms with Crippen molar-refractivity contribution in [2.75, 3.05) is 6.54 Å². The molecule has 9 heteroatoms. The van der Waals surface area contributed by atoms with Gasteiger partial charge < -0.3 is 15.6 Å². The van der Waals surface area contributed by atoms with Crippen molar-refractivity contribution < 1.29 is 24.2 Å². The number of nitrogens with one attached hydrogen (secondary N) is 2. The summed E-state index contributed by atoms with van der Waals surface area (Å²) < 4.78 is 5.40. The number of nitrogens with zero attached hydrogens (tertiary/aromatic N) is 1. The van der Waals surface area contributed by atoms with E-state index in [0.29, 0.717) is 30.5 Å². The molecule has 168 valence electrons. The van der Waals surface area contributed by atoms with E-state index in [1.165, 1.54) is 4.90 Å². The van der Waals surface area contributed by atoms with E-state index in [-0.39, 0.29) is 23.6 Å². The molecule has 0 spiro atoms. The quantitative estimate of drug-likeness (QED) is 0.214. The summed E-state index contributed by atoms with van der Waals surface area (Å²) in [5, 5.41) is 20.3. The van der Waals surface area contributed by atoms with E-state index in [4.69, 9.17) is 15.9 Å². The van der Waals surface area contributed by atoms with Crippen molar-refractivity contribution in [2.45, 2.75) is 51.8 Å². The van der Waals surface area contributed by atoms with Crippen molar-refractivity contribution in [1.29, 1.82) is 5.41 Å². The SMILES string of the molecule is CCCCN1C(=O)C2C(c3ccc(C(=N)N)cc3)NC(OC(=O)O)(C(C)CC)C2C1=O. The average molecular weight is 431 g/mol. The van der Waals surface area contributed by atoms with Crippen molar-refractivity contribution in [3.05, 3.63) is 35.4 Å². The number of hydrogen-bond acceptors (Lipinski definition) is 6. The van der Waals surface area contributed by atoms with E-state index in [1.54, 1.807) is 24.3 Å². The molecule has 2 amide bonds. The van der Waals surface area contributed by atoms with Gasteiger partial charge in [-0.25, -0.2) is 4.79 Å². The highest BCUT2D eigenvalue weighted by molar-refractivity contribution is 6.07. The molecule has 0 aromatic heterocycles. The molecule has 5 unspecified atom stereocenters. The van der Waals surface area contributed by atoms with Crippen LogP contribution in [0, 0.1) is 23.2 Å². The largest absolute Gasteiger partial charge is 0.507 e. The minimum atomic E-state index is -1.51. The second kappa shape index (κ2) is 8.66. The molecule has 1 aromatic carbocycles. The molecule has 2 heterocycles. The average Bonchev–Trinajstić information content (AvgIpc) is 3.20. The van der Waals surface area contributed by atoms with Gasteiger partial charge in [0.05, 0.1) is 5.92 Å². The second-order valence-electron chi connectivity index (χ2n) is 8.31. The molecule has 1 aromatic rings. The van der Waals surface area contributed by atoms with Gasteiger partial charge in [-0.3, -0.25) is 25.2 Å². The second-order valence-corrected chi connectivity index (χ2v) is 8.31. The fourth-order valence-electron chi connectivity index (χ4n) is 4.75. The molecule has 2 fully saturated rings. The summed E-state index contributed by atoms with van der Waals surface area (Å²) in [5.41, 5.74) is 5.27. The minimum absolute atomic E-state index is 0.0789. The zero-order valence-corrected chi connectivity index (χ0v) is 18.1. The number of carbonyl (C=O) groups excluding carboxylic acids is 2. The molecule has 5 atom stereocenters. The lowest BCUT2D eigenvalue weighted by molar-refractivity contribution is -0.148. The predicted molar refractivity (Wildman–Crippen MR) is 113 cm³/mol. The van der Waals surface area contributed by atoms with Gasteiger partial charge in [-0.15, -0.1) is 0 Å². The number of benzene rings is 1. The number of fused-ring (bicyclic) bond motifs is 1. The van der Waals surface area contributed by atoms with E-state index in [9.17, 15) is 19.5 Å². The molecular weight excluding hydrogens is 400 g/mol. The Labute approximate surface area is 181 Å². The third kappa shape index (κ3) is 3.78. The predicted octanol–water partition coefficient (Wildman–Crippen LogP) is 2.45. The van der Waals surface area contributed by atoms with Crippen molar-refractivity contribution in [1.82, 2.24) is 10.2 Å². The smallest absolute Gasteiger partial charge is 0.450 e. The number of carbonyl (C=O) groups is 3. The molecule has 31 heavy (non-hydrogen) atoms. The van der Waals surface area contributed by atoms with Crippen LogP contribution in [0.2, 0.25) is 0 Å². The van der Waals surface area contributed by atoms with Gasteiger partial charge in [0.1, 0.15) is 11.8 Å². The summed E-state index contributed by atoms with van der Waals surface area (Å²) in [6.07, 6.45) is 0.559. The number of imide groups is 1. The van der Waals surface area contributed by atoms with Gasteiger partial charge in [-0.2, -0.15) is 0 Å². The van der Waals surface area contributed by atoms with Crippen molar-refractivity contribution in [3.63, 3.8) is 0 Å². The summed E-state index contributed by atoms with van der Waals surface area (Å²) in [6.45, 7) is 5.99. The number of amides is 2. The van der Waals surface area contributed by atoms with E-state index in [0.717, 1.165) is 6.42 Å². The first-order valence-electron chi connectivity index (χ1n) is 10.7. The molecule has 2 saturated heterocycles. The molecule has 3 rings (SSSR count). The monoisotopic (exact) mass is 430 g/mol. The minimum Gasteiger partial charge on any atom is -0.450 e. The maximum absolute atomic E-state index is 13.4. The lowest BCUT2D eigenvalue weighted by atomic mass is 9.79. The van der Waals surface area contributed by atoms with Crippen LogP contribution in [0.1, 0.15) is 57.2 Å². The van der Waals surface area contributed by atoms with Crippen LogP contribution >= 0.6 is 0 Å². The third-order valence-electron chi connectivity index (χ3n) is 6.56. The number of likely N-dealkylation sites (tertiary alicyclic amines) is 1. The Morgan fingerprint density at radius 2 is 1.94 bits per heavy atom. The van der Waals surface area contributed by atoms with Gasteiger partial charge in [0.2, 0.25) is 11.8 Å². The van der Waals surface area contributed by atoms with Crippen LogP contribution < -0.4 is 11.1 Å². The Hall–Kier alpha value is -2.94. The first-order chi connectivity index (χ1) is 14.7. The Morgan fingerprint density at radius 1 is 1.29 bits per heavy atom. The first-order valence-corrected chi connectivity index (χ1v) is 10.7. The van der Waals surface area contributed by atoms with Crippen LogP contribution in [0.4, 0.5) is 4.79 Å². The molecule has 0 saturated carbocycles. The number of nitrogen functional groups attached to an aromatic ring is 1. The normalized spacial score (nSPS) is 28.5. The van der Waals surface area contributed by atoms with Crippen LogP contribution in [-0.4, -0.2) is 46.1 Å². The van der Waals surface area contributed by atoms with Crippen molar-refractivity contribution in [3.8, 4) is 0 Å². The summed E-state index contributed by atoms with van der Waals surface area (Å²) in [4.78, 5) is 39.7. The number of ether oxygens (including phenoxy) is 1. The zero-order chi connectivity index (χ0) is 22.9. The van der Waals surface area contributed by atoms with E-state index in [1.807, 2.05) is 20.8 Å². The fourth-order valence-corrected chi connectivity index (χ4v) is 4.75. The molecule has 9 nitrogen and oxygen atoms in total. The molecule has 0 bridgehead atoms. The van der Waals surface area contributed by atoms with Crippen LogP contribution in [0.15, 0.2) is 24.3 Å². The maximum atomic E-state index is 13.4. The third-order valence-corrected chi connectivity index (χ3v) is 6.56. The molecular formula is C22H30N4O5. The van der Waals surface area contributed by atoms with Crippen LogP contribution in [0.3, 0.4) is 0 Å². The number of rotatable bonds is 8. The van der Waals surface area contributed by atoms with E-state index >= 15 is 0 Å². The van der Waals surface area contributed by atoms with Crippen LogP contribution in [0.25, 0.3) is 0 Å². The standard InChI is InChI=1S/C22H30N4O5/c1-4-6-11-26-19(27)15-16(20(26)28)22(12(3)5-2,31-21(29)30)25-17(15)13-7-9-14(10-8-13)18(23)24/h7-10,12,15-17,25H,4-6,11H2,1-3H3,(H3,23,24)(H,29,30). The van der Waals surface area contributed by atoms with Crippen molar-refractivity contribution >= 4 is 23.8 Å². The highest BCUT2D eigenvalue weighted by Crippen LogP contribution is 2.52. The Kier molecular flexibility index (Phi) is 6.35. The number of amidine groups is 1. The van der Waals surface area contributed by atoms with Gasteiger partial charge in [-0.05, 0) is 18.4 Å². The topological polar surface area (TPSA) is 146 Å². The Balaban J connectivity index is 2.10. The highest BCUT2D eigenvalue weighted by Gasteiger charge is 2.68. The van der Waals surface area contributed by atoms with Gasteiger partial charge in [0.15, 0.2) is 5.72 Å². The highest BCUT2D eigenvalue weighted by atomic mass is 16.7. The number of unbranched alkanes of at least 4 members (excludes halogenated alkanes) is 1. The maximum Gasteiger partial charge on any atom is 0.507 e. The van der Waals surface area contributed by atoms with Crippen LogP contribution in [0.5, 0.6) is 0 Å². The fraction of sp³-hybridized carbons (Fsp3) is 0.545. The van der Waals surface area contributed by atoms with Crippen molar-refractivity contribution in [2.24, 2.45) is 23.5 Å². The molecule has 2 aliphatic heterocycles. The van der Waals surface area contributed by atoms with E-state index in [2.05, 4.69) is 5.32 Å². The van der Waals surface area contributed by atoms with Gasteiger partial charge in [0, 0.05) is 24.1 Å². The molecule has 5 N–H and O–H groups in total. The van der Waals surface area contributed by atoms with Gasteiger partial charge in [0.25, 0.3) is 0 Å². The first kappa shape index (κ1) is 22.7. The molecule has 2 aliphatic rings. The Bertz CT molecular complexity index is 886. The van der Waals surface area contributed by atoms with Gasteiger partial charge in [-0.1, -0.05) is 51.5 Å². The lowest BCUT2D eigenvalue weighted by Gasteiger charge is -2.38. The lowest BCUT2D eigenvalue weighted by Crippen LogP contribution is -2.57. The molecule has 0 radical (unpaired) electrons. The van der Waals surface area contributed by atoms with E-state index < -0.39 is 29.8 Å². The van der Waals surface area contributed by atoms with Crippen LogP contribution in [-0.2, 0) is 14.3 Å². The molecule has 0 aliphatic carbocycles. The van der Waals surface area contributed by atoms with Gasteiger partial charge >= 0.3 is 6.16 Å². The number of carboxylic acid groups (broad SMARTS) is 1. The zero-order valence-electron chi connectivity index (χ0n) is 18.1. The summed E-state index contributed by atoms with van der Waals surface area (Å²) in [5.74, 6) is -2.84. The summed E-state index contributed by atoms with van der Waals surface area (Å²) >= 11 is 0. The Morgan fingerprint density at radius 3 is 2.45 bits per heavy atom.